The van der Waals surface area contributed by atoms with Gasteiger partial charge in [-0.15, -0.1) is 0 Å². The van der Waals surface area contributed by atoms with E-state index in [2.05, 4.69) is 59.7 Å². The molecule has 2 amide bonds. The smallest absolute Gasteiger partial charge is 0.317 e. The van der Waals surface area contributed by atoms with Gasteiger partial charge < -0.3 is 10.2 Å². The number of amides is 2. The predicted molar refractivity (Wildman–Crippen MR) is 104 cm³/mol. The normalized spacial score (nSPS) is 25.3. The van der Waals surface area contributed by atoms with Gasteiger partial charge in [0.05, 0.1) is 0 Å². The molecule has 4 heteroatoms. The summed E-state index contributed by atoms with van der Waals surface area (Å²) in [4.78, 5) is 17.1. The van der Waals surface area contributed by atoms with Crippen LogP contribution in [-0.2, 0) is 6.42 Å². The fourth-order valence-corrected chi connectivity index (χ4v) is 4.65. The Bertz CT molecular complexity index is 734. The molecule has 3 atom stereocenters. The first-order valence-electron chi connectivity index (χ1n) is 9.54. The second-order valence-electron chi connectivity index (χ2n) is 7.59. The molecule has 2 aromatic rings. The van der Waals surface area contributed by atoms with E-state index in [0.717, 1.165) is 26.1 Å². The molecule has 1 N–H and O–H groups in total. The number of nitrogens with zero attached hydrogens (tertiary/aromatic N) is 2. The van der Waals surface area contributed by atoms with E-state index in [1.54, 1.807) is 0 Å². The van der Waals surface area contributed by atoms with Crippen molar-refractivity contribution in [3.63, 3.8) is 0 Å². The van der Waals surface area contributed by atoms with Gasteiger partial charge in [0.15, 0.2) is 0 Å². The number of hydrogen-bond donors (Lipinski definition) is 1. The summed E-state index contributed by atoms with van der Waals surface area (Å²) in [6.45, 7) is 3.48. The zero-order chi connectivity index (χ0) is 17.9. The Hall–Kier alpha value is -2.33. The second kappa shape index (κ2) is 7.50. The van der Waals surface area contributed by atoms with Gasteiger partial charge in [-0.25, -0.2) is 4.79 Å². The number of urea groups is 1. The third-order valence-corrected chi connectivity index (χ3v) is 5.86. The molecule has 0 saturated carbocycles. The van der Waals surface area contributed by atoms with E-state index in [1.807, 2.05) is 23.1 Å². The minimum Gasteiger partial charge on any atom is -0.338 e. The molecule has 26 heavy (non-hydrogen) atoms. The van der Waals surface area contributed by atoms with Crippen LogP contribution in [0, 0.1) is 11.8 Å². The van der Waals surface area contributed by atoms with Crippen LogP contribution in [0.3, 0.4) is 0 Å². The summed E-state index contributed by atoms with van der Waals surface area (Å²) in [6.07, 6.45) is 0.878. The fourth-order valence-electron chi connectivity index (χ4n) is 4.65. The topological polar surface area (TPSA) is 35.6 Å². The first kappa shape index (κ1) is 17.1. The summed E-state index contributed by atoms with van der Waals surface area (Å²) in [6, 6.07) is 21.5. The average Bonchev–Trinajstić information content (AvgIpc) is 3.20. The average molecular weight is 349 g/mol. The summed E-state index contributed by atoms with van der Waals surface area (Å²) < 4.78 is 0. The van der Waals surface area contributed by atoms with Gasteiger partial charge in [-0.3, -0.25) is 4.90 Å². The van der Waals surface area contributed by atoms with Crippen LogP contribution in [0.1, 0.15) is 17.2 Å². The van der Waals surface area contributed by atoms with Crippen LogP contribution in [0.15, 0.2) is 60.7 Å². The van der Waals surface area contributed by atoms with E-state index in [1.165, 1.54) is 11.1 Å². The number of carbonyl (C=O) groups is 1. The zero-order valence-corrected chi connectivity index (χ0v) is 15.3. The van der Waals surface area contributed by atoms with Crippen LogP contribution in [0.2, 0.25) is 0 Å². The Morgan fingerprint density at radius 2 is 1.69 bits per heavy atom. The minimum absolute atomic E-state index is 0.0878. The van der Waals surface area contributed by atoms with Crippen LogP contribution in [0.4, 0.5) is 4.79 Å². The SMILES string of the molecule is CN1C[C@H]2CN(C(=O)NCCc3ccccc3)C[C@H]2[C@@H]1c1ccccc1. The Balaban J connectivity index is 1.34. The highest BCUT2D eigenvalue weighted by Gasteiger charge is 2.47. The lowest BCUT2D eigenvalue weighted by molar-refractivity contribution is 0.194. The van der Waals surface area contributed by atoms with Crippen molar-refractivity contribution in [2.24, 2.45) is 11.8 Å². The Labute approximate surface area is 155 Å². The number of carbonyl (C=O) groups excluding carboxylic acids is 1. The van der Waals surface area contributed by atoms with E-state index >= 15 is 0 Å². The van der Waals surface area contributed by atoms with Crippen molar-refractivity contribution in [1.82, 2.24) is 15.1 Å². The summed E-state index contributed by atoms with van der Waals surface area (Å²) in [5, 5.41) is 3.10. The van der Waals surface area contributed by atoms with Crippen molar-refractivity contribution in [3.05, 3.63) is 71.8 Å². The number of benzene rings is 2. The monoisotopic (exact) mass is 349 g/mol. The summed E-state index contributed by atoms with van der Waals surface area (Å²) >= 11 is 0. The van der Waals surface area contributed by atoms with Gasteiger partial charge in [-0.2, -0.15) is 0 Å². The van der Waals surface area contributed by atoms with Crippen molar-refractivity contribution < 1.29 is 4.79 Å². The molecule has 2 aliphatic heterocycles. The highest BCUT2D eigenvalue weighted by Crippen LogP contribution is 2.43. The van der Waals surface area contributed by atoms with Crippen LogP contribution in [-0.4, -0.2) is 49.1 Å². The van der Waals surface area contributed by atoms with Crippen LogP contribution in [0.25, 0.3) is 0 Å². The molecular weight excluding hydrogens is 322 g/mol. The number of nitrogens with one attached hydrogen (secondary N) is 1. The summed E-state index contributed by atoms with van der Waals surface area (Å²) in [5.41, 5.74) is 2.63. The molecule has 0 aromatic heterocycles. The Morgan fingerprint density at radius 1 is 1.00 bits per heavy atom. The third kappa shape index (κ3) is 3.47. The van der Waals surface area contributed by atoms with E-state index in [9.17, 15) is 4.79 Å². The van der Waals surface area contributed by atoms with Crippen LogP contribution < -0.4 is 5.32 Å². The molecule has 0 bridgehead atoms. The van der Waals surface area contributed by atoms with Crippen molar-refractivity contribution in [1.29, 1.82) is 0 Å². The van der Waals surface area contributed by atoms with Crippen molar-refractivity contribution in [2.75, 3.05) is 33.2 Å². The van der Waals surface area contributed by atoms with Gasteiger partial charge in [0.2, 0.25) is 0 Å². The van der Waals surface area contributed by atoms with Crippen LogP contribution in [0.5, 0.6) is 0 Å². The number of likely N-dealkylation sites (tertiary alicyclic amines) is 2. The molecule has 2 aliphatic rings. The van der Waals surface area contributed by atoms with E-state index in [-0.39, 0.29) is 6.03 Å². The molecule has 4 rings (SSSR count). The second-order valence-corrected chi connectivity index (χ2v) is 7.59. The molecule has 0 unspecified atom stereocenters. The lowest BCUT2D eigenvalue weighted by atomic mass is 9.90. The highest BCUT2D eigenvalue weighted by atomic mass is 16.2. The van der Waals surface area contributed by atoms with E-state index in [4.69, 9.17) is 0 Å². The fraction of sp³-hybridized carbons (Fsp3) is 0.409. The molecule has 2 saturated heterocycles. The summed E-state index contributed by atoms with van der Waals surface area (Å²) in [5.74, 6) is 1.10. The van der Waals surface area contributed by atoms with Gasteiger partial charge in [-0.05, 0) is 30.5 Å². The van der Waals surface area contributed by atoms with Gasteiger partial charge in [0.25, 0.3) is 0 Å². The highest BCUT2D eigenvalue weighted by molar-refractivity contribution is 5.74. The van der Waals surface area contributed by atoms with Crippen molar-refractivity contribution in [3.8, 4) is 0 Å². The minimum atomic E-state index is 0.0878. The molecule has 2 fully saturated rings. The van der Waals surface area contributed by atoms with Crippen molar-refractivity contribution in [2.45, 2.75) is 12.5 Å². The maximum Gasteiger partial charge on any atom is 0.317 e. The molecule has 0 spiro atoms. The number of hydrogen-bond acceptors (Lipinski definition) is 2. The summed E-state index contributed by atoms with van der Waals surface area (Å²) in [7, 11) is 2.21. The van der Waals surface area contributed by atoms with E-state index < -0.39 is 0 Å². The van der Waals surface area contributed by atoms with Gasteiger partial charge >= 0.3 is 6.03 Å². The zero-order valence-electron chi connectivity index (χ0n) is 15.3. The van der Waals surface area contributed by atoms with Gasteiger partial charge in [0.1, 0.15) is 0 Å². The largest absolute Gasteiger partial charge is 0.338 e. The third-order valence-electron chi connectivity index (χ3n) is 5.86. The number of fused-ring (bicyclic) bond motifs is 1. The molecular formula is C22H27N3O. The standard InChI is InChI=1S/C22H27N3O/c1-24-14-19-15-25(16-20(19)21(24)18-10-6-3-7-11-18)22(26)23-13-12-17-8-4-2-5-9-17/h2-11,19-21H,12-16H2,1H3,(H,23,26)/t19-,20+,21-/m0/s1. The van der Waals surface area contributed by atoms with Gasteiger partial charge in [0, 0.05) is 38.1 Å². The maximum atomic E-state index is 12.6. The maximum absolute atomic E-state index is 12.6. The van der Waals surface area contributed by atoms with Crippen molar-refractivity contribution >= 4 is 6.03 Å². The van der Waals surface area contributed by atoms with Crippen LogP contribution >= 0.6 is 0 Å². The number of rotatable bonds is 4. The predicted octanol–water partition coefficient (Wildman–Crippen LogP) is 3.17. The molecule has 2 heterocycles. The molecule has 2 aromatic carbocycles. The molecule has 0 radical (unpaired) electrons. The van der Waals surface area contributed by atoms with E-state index in [0.29, 0.717) is 24.4 Å². The first-order chi connectivity index (χ1) is 12.7. The molecule has 0 aliphatic carbocycles. The quantitative estimate of drug-likeness (QED) is 0.920. The lowest BCUT2D eigenvalue weighted by Crippen LogP contribution is -2.41. The lowest BCUT2D eigenvalue weighted by Gasteiger charge is -2.27. The molecule has 136 valence electrons. The molecule has 4 nitrogen and oxygen atoms in total. The van der Waals surface area contributed by atoms with Gasteiger partial charge in [-0.1, -0.05) is 60.7 Å². The Kier molecular flexibility index (Phi) is 4.93. The Morgan fingerprint density at radius 3 is 2.42 bits per heavy atom. The first-order valence-corrected chi connectivity index (χ1v) is 9.54.